The van der Waals surface area contributed by atoms with Crippen molar-refractivity contribution < 1.29 is 4.39 Å². The molecule has 1 nitrogen and oxygen atoms in total. The Morgan fingerprint density at radius 2 is 1.95 bits per heavy atom. The Hall–Kier alpha value is -0.600. The van der Waals surface area contributed by atoms with Gasteiger partial charge in [-0.05, 0) is 74.2 Å². The van der Waals surface area contributed by atoms with E-state index >= 15 is 0 Å². The molecular formula is C16H21ClFN. The first kappa shape index (κ1) is 13.4. The van der Waals surface area contributed by atoms with Crippen molar-refractivity contribution in [3.05, 3.63) is 34.6 Å². The molecule has 0 aliphatic heterocycles. The smallest absolute Gasteiger partial charge is 0.123 e. The van der Waals surface area contributed by atoms with Crippen LogP contribution in [0.15, 0.2) is 18.2 Å². The van der Waals surface area contributed by atoms with Gasteiger partial charge in [0.05, 0.1) is 0 Å². The number of rotatable bonds is 5. The van der Waals surface area contributed by atoms with Crippen LogP contribution in [0.5, 0.6) is 0 Å². The van der Waals surface area contributed by atoms with E-state index in [2.05, 4.69) is 5.32 Å². The molecule has 2 fully saturated rings. The lowest BCUT2D eigenvalue weighted by atomic mass is 9.89. The third kappa shape index (κ3) is 3.49. The van der Waals surface area contributed by atoms with Crippen molar-refractivity contribution >= 4 is 11.6 Å². The molecule has 3 heteroatoms. The molecule has 2 atom stereocenters. The van der Waals surface area contributed by atoms with Gasteiger partial charge in [-0.15, -0.1) is 0 Å². The highest BCUT2D eigenvalue weighted by atomic mass is 35.5. The van der Waals surface area contributed by atoms with Gasteiger partial charge in [0.2, 0.25) is 0 Å². The first-order chi connectivity index (χ1) is 9.22. The Morgan fingerprint density at radius 3 is 2.74 bits per heavy atom. The van der Waals surface area contributed by atoms with Gasteiger partial charge in [-0.1, -0.05) is 18.0 Å². The third-order valence-corrected chi connectivity index (χ3v) is 4.92. The summed E-state index contributed by atoms with van der Waals surface area (Å²) in [4.78, 5) is 0. The van der Waals surface area contributed by atoms with Crippen molar-refractivity contribution in [1.82, 2.24) is 5.32 Å². The summed E-state index contributed by atoms with van der Waals surface area (Å²) in [5, 5.41) is 4.34. The van der Waals surface area contributed by atoms with Crippen LogP contribution in [0.3, 0.4) is 0 Å². The first-order valence-corrected chi connectivity index (χ1v) is 7.77. The molecule has 2 aliphatic rings. The Balaban J connectivity index is 1.61. The second-order valence-corrected chi connectivity index (χ2v) is 6.48. The standard InChI is InChI=1S/C16H21ClFN/c17-16-7-4-14(18)9-13(16)8-11-2-1-3-12(11)10-19-15-5-6-15/h4,7,9,11-12,15,19H,1-3,5-6,8,10H2. The molecule has 1 aromatic carbocycles. The lowest BCUT2D eigenvalue weighted by Gasteiger charge is -2.20. The van der Waals surface area contributed by atoms with Crippen LogP contribution in [0.1, 0.15) is 37.7 Å². The monoisotopic (exact) mass is 281 g/mol. The predicted molar refractivity (Wildman–Crippen MR) is 77.0 cm³/mol. The molecule has 0 amide bonds. The number of benzene rings is 1. The first-order valence-electron chi connectivity index (χ1n) is 7.39. The zero-order valence-corrected chi connectivity index (χ0v) is 11.9. The molecule has 19 heavy (non-hydrogen) atoms. The molecule has 2 aliphatic carbocycles. The van der Waals surface area contributed by atoms with E-state index in [1.165, 1.54) is 38.2 Å². The SMILES string of the molecule is Fc1ccc(Cl)c(CC2CCCC2CNC2CC2)c1. The van der Waals surface area contributed by atoms with Crippen LogP contribution in [0.2, 0.25) is 5.02 Å². The Bertz CT molecular complexity index is 444. The lowest BCUT2D eigenvalue weighted by molar-refractivity contribution is 0.363. The maximum absolute atomic E-state index is 13.3. The van der Waals surface area contributed by atoms with Crippen molar-refractivity contribution in [2.24, 2.45) is 11.8 Å². The summed E-state index contributed by atoms with van der Waals surface area (Å²) in [6.07, 6.45) is 7.46. The van der Waals surface area contributed by atoms with Crippen molar-refractivity contribution in [3.8, 4) is 0 Å². The highest BCUT2D eigenvalue weighted by Crippen LogP contribution is 2.36. The maximum atomic E-state index is 13.3. The quantitative estimate of drug-likeness (QED) is 0.853. The van der Waals surface area contributed by atoms with Gasteiger partial charge in [-0.3, -0.25) is 0 Å². The number of halogens is 2. The van der Waals surface area contributed by atoms with E-state index < -0.39 is 0 Å². The molecule has 0 saturated heterocycles. The van der Waals surface area contributed by atoms with Gasteiger partial charge < -0.3 is 5.32 Å². The van der Waals surface area contributed by atoms with E-state index in [0.717, 1.165) is 30.5 Å². The highest BCUT2D eigenvalue weighted by Gasteiger charge is 2.30. The molecule has 1 aromatic rings. The molecular weight excluding hydrogens is 261 g/mol. The maximum Gasteiger partial charge on any atom is 0.123 e. The van der Waals surface area contributed by atoms with Crippen LogP contribution < -0.4 is 5.32 Å². The Kier molecular flexibility index (Phi) is 4.09. The molecule has 0 radical (unpaired) electrons. The van der Waals surface area contributed by atoms with Crippen molar-refractivity contribution in [3.63, 3.8) is 0 Å². The zero-order chi connectivity index (χ0) is 13.2. The van der Waals surface area contributed by atoms with Crippen LogP contribution in [0.4, 0.5) is 4.39 Å². The van der Waals surface area contributed by atoms with Crippen molar-refractivity contribution in [1.29, 1.82) is 0 Å². The summed E-state index contributed by atoms with van der Waals surface area (Å²) >= 11 is 6.18. The fourth-order valence-corrected chi connectivity index (χ4v) is 3.43. The largest absolute Gasteiger partial charge is 0.314 e. The Morgan fingerprint density at radius 1 is 1.16 bits per heavy atom. The highest BCUT2D eigenvalue weighted by molar-refractivity contribution is 6.31. The van der Waals surface area contributed by atoms with Gasteiger partial charge in [0, 0.05) is 11.1 Å². The van der Waals surface area contributed by atoms with Crippen LogP contribution in [0.25, 0.3) is 0 Å². The van der Waals surface area contributed by atoms with Gasteiger partial charge >= 0.3 is 0 Å². The Labute approximate surface area is 119 Å². The summed E-state index contributed by atoms with van der Waals surface area (Å²) in [5.41, 5.74) is 0.977. The molecule has 0 spiro atoms. The van der Waals surface area contributed by atoms with Crippen LogP contribution >= 0.6 is 11.6 Å². The molecule has 1 N–H and O–H groups in total. The zero-order valence-electron chi connectivity index (χ0n) is 11.2. The van der Waals surface area contributed by atoms with E-state index in [0.29, 0.717) is 10.9 Å². The van der Waals surface area contributed by atoms with E-state index in [-0.39, 0.29) is 5.82 Å². The lowest BCUT2D eigenvalue weighted by Crippen LogP contribution is -2.27. The summed E-state index contributed by atoms with van der Waals surface area (Å²) in [7, 11) is 0. The average Bonchev–Trinajstić information content (AvgIpc) is 3.12. The predicted octanol–water partition coefficient (Wildman–Crippen LogP) is 4.19. The van der Waals surface area contributed by atoms with E-state index in [1.807, 2.05) is 0 Å². The van der Waals surface area contributed by atoms with Gasteiger partial charge in [-0.2, -0.15) is 0 Å². The summed E-state index contributed by atoms with van der Waals surface area (Å²) in [6.45, 7) is 1.13. The van der Waals surface area contributed by atoms with Gasteiger partial charge in [0.15, 0.2) is 0 Å². The molecule has 104 valence electrons. The van der Waals surface area contributed by atoms with E-state index in [9.17, 15) is 4.39 Å². The topological polar surface area (TPSA) is 12.0 Å². The summed E-state index contributed by atoms with van der Waals surface area (Å²) < 4.78 is 13.3. The molecule has 0 heterocycles. The van der Waals surface area contributed by atoms with Crippen molar-refractivity contribution in [2.75, 3.05) is 6.54 Å². The average molecular weight is 282 g/mol. The van der Waals surface area contributed by atoms with Gasteiger partial charge in [0.1, 0.15) is 5.82 Å². The molecule has 2 unspecified atom stereocenters. The number of hydrogen-bond donors (Lipinski definition) is 1. The fourth-order valence-electron chi connectivity index (χ4n) is 3.24. The third-order valence-electron chi connectivity index (χ3n) is 4.55. The molecule has 2 saturated carbocycles. The molecule has 3 rings (SSSR count). The van der Waals surface area contributed by atoms with E-state index in [4.69, 9.17) is 11.6 Å². The summed E-state index contributed by atoms with van der Waals surface area (Å²) in [6, 6.07) is 5.50. The summed E-state index contributed by atoms with van der Waals surface area (Å²) in [5.74, 6) is 1.22. The number of nitrogens with one attached hydrogen (secondary N) is 1. The van der Waals surface area contributed by atoms with E-state index in [1.54, 1.807) is 12.1 Å². The molecule has 0 aromatic heterocycles. The minimum atomic E-state index is -0.176. The van der Waals surface area contributed by atoms with Crippen LogP contribution in [0, 0.1) is 17.7 Å². The fraction of sp³-hybridized carbons (Fsp3) is 0.625. The minimum Gasteiger partial charge on any atom is -0.314 e. The second kappa shape index (κ2) is 5.80. The van der Waals surface area contributed by atoms with Crippen LogP contribution in [-0.2, 0) is 6.42 Å². The van der Waals surface area contributed by atoms with Crippen molar-refractivity contribution in [2.45, 2.75) is 44.6 Å². The van der Waals surface area contributed by atoms with Crippen LogP contribution in [-0.4, -0.2) is 12.6 Å². The number of hydrogen-bond acceptors (Lipinski definition) is 1. The van der Waals surface area contributed by atoms with Gasteiger partial charge in [0.25, 0.3) is 0 Å². The second-order valence-electron chi connectivity index (χ2n) is 6.07. The molecule has 0 bridgehead atoms. The normalized spacial score (nSPS) is 26.8. The minimum absolute atomic E-state index is 0.176. The van der Waals surface area contributed by atoms with Gasteiger partial charge in [-0.25, -0.2) is 4.39 Å².